The molecule has 8 nitrogen and oxygen atoms in total. The number of ether oxygens (including phenoxy) is 1. The molecule has 0 amide bonds. The molecule has 1 aromatic rings. The molecule has 2 rings (SSSR count). The molecule has 0 N–H and O–H groups in total. The molecule has 0 aliphatic carbocycles. The molecule has 1 aliphatic rings. The van der Waals surface area contributed by atoms with Gasteiger partial charge in [-0.3, -0.25) is 0 Å². The maximum absolute atomic E-state index is 15.0. The molecule has 0 spiro atoms. The summed E-state index contributed by atoms with van der Waals surface area (Å²) < 4.78 is 72.8. The van der Waals surface area contributed by atoms with E-state index in [4.69, 9.17) is 4.74 Å². The second-order valence-electron chi connectivity index (χ2n) is 6.69. The molecule has 1 aliphatic heterocycles. The zero-order chi connectivity index (χ0) is 21.9. The number of carbonyl (C=O) groups excluding carboxylic acids is 1. The number of rotatable bonds is 8. The van der Waals surface area contributed by atoms with E-state index < -0.39 is 38.2 Å². The first-order valence-corrected chi connectivity index (χ1v) is 12.4. The minimum Gasteiger partial charge on any atom is -0.464 e. The molecule has 0 aromatic heterocycles. The number of piperidine rings is 1. The molecule has 164 valence electrons. The van der Waals surface area contributed by atoms with Gasteiger partial charge < -0.3 is 4.74 Å². The van der Waals surface area contributed by atoms with Crippen LogP contribution in [-0.2, 0) is 29.6 Å². The number of halogens is 1. The van der Waals surface area contributed by atoms with E-state index in [0.29, 0.717) is 13.1 Å². The molecule has 29 heavy (non-hydrogen) atoms. The van der Waals surface area contributed by atoms with E-state index in [1.165, 1.54) is 28.6 Å². The van der Waals surface area contributed by atoms with Crippen LogP contribution in [0.4, 0.5) is 4.39 Å². The van der Waals surface area contributed by atoms with Crippen molar-refractivity contribution in [3.63, 3.8) is 0 Å². The Morgan fingerprint density at radius 1 is 1.10 bits per heavy atom. The normalized spacial score (nSPS) is 21.3. The summed E-state index contributed by atoms with van der Waals surface area (Å²) in [6.07, 6.45) is 0.0574. The Hall–Kier alpha value is -1.56. The number of benzene rings is 1. The molecule has 1 heterocycles. The Labute approximate surface area is 171 Å². The van der Waals surface area contributed by atoms with Crippen molar-refractivity contribution in [3.05, 3.63) is 24.3 Å². The van der Waals surface area contributed by atoms with Gasteiger partial charge in [0.25, 0.3) is 0 Å². The third-order valence-corrected chi connectivity index (χ3v) is 8.78. The Morgan fingerprint density at radius 3 is 2.17 bits per heavy atom. The van der Waals surface area contributed by atoms with Crippen molar-refractivity contribution >= 4 is 26.0 Å². The monoisotopic (exact) mass is 450 g/mol. The molecule has 0 bridgehead atoms. The van der Waals surface area contributed by atoms with Gasteiger partial charge in [0.2, 0.25) is 25.7 Å². The summed E-state index contributed by atoms with van der Waals surface area (Å²) in [4.78, 5) is 11.7. The summed E-state index contributed by atoms with van der Waals surface area (Å²) in [5.41, 5.74) is -2.40. The fraction of sp³-hybridized carbons (Fsp3) is 0.611. The first-order valence-electron chi connectivity index (χ1n) is 9.49. The lowest BCUT2D eigenvalue weighted by Gasteiger charge is -2.34. The molecule has 1 atom stereocenters. The van der Waals surface area contributed by atoms with Crippen LogP contribution in [0.25, 0.3) is 0 Å². The molecule has 11 heteroatoms. The number of sulfonamides is 2. The molecule has 0 saturated carbocycles. The van der Waals surface area contributed by atoms with Crippen LogP contribution >= 0.6 is 0 Å². The first-order chi connectivity index (χ1) is 13.5. The van der Waals surface area contributed by atoms with Crippen LogP contribution in [0.1, 0.15) is 33.6 Å². The fourth-order valence-electron chi connectivity index (χ4n) is 3.25. The van der Waals surface area contributed by atoms with Gasteiger partial charge in [0.1, 0.15) is 0 Å². The average Bonchev–Trinajstić information content (AvgIpc) is 2.69. The molecule has 0 radical (unpaired) electrons. The Kier molecular flexibility index (Phi) is 7.42. The van der Waals surface area contributed by atoms with Crippen LogP contribution in [0.5, 0.6) is 0 Å². The molecular weight excluding hydrogens is 423 g/mol. The summed E-state index contributed by atoms with van der Waals surface area (Å²) in [7, 11) is -7.82. The van der Waals surface area contributed by atoms with Crippen molar-refractivity contribution in [3.8, 4) is 0 Å². The molecular formula is C18H27FN2O6S2. The summed E-state index contributed by atoms with van der Waals surface area (Å²) in [6, 6.07) is 4.81. The zero-order valence-corrected chi connectivity index (χ0v) is 18.4. The number of carbonyl (C=O) groups is 1. The van der Waals surface area contributed by atoms with Crippen LogP contribution in [0.15, 0.2) is 34.1 Å². The van der Waals surface area contributed by atoms with Crippen LogP contribution < -0.4 is 0 Å². The van der Waals surface area contributed by atoms with Crippen molar-refractivity contribution in [1.82, 2.24) is 8.61 Å². The first kappa shape index (κ1) is 23.7. The highest BCUT2D eigenvalue weighted by molar-refractivity contribution is 7.89. The number of nitrogens with zero attached hydrogens (tertiary/aromatic N) is 2. The van der Waals surface area contributed by atoms with Gasteiger partial charge in [0.05, 0.1) is 22.9 Å². The lowest BCUT2D eigenvalue weighted by atomic mass is 9.96. The van der Waals surface area contributed by atoms with E-state index in [-0.39, 0.29) is 35.8 Å². The lowest BCUT2D eigenvalue weighted by molar-refractivity contribution is -0.159. The number of hydrogen-bond donors (Lipinski definition) is 0. The van der Waals surface area contributed by atoms with E-state index in [0.717, 1.165) is 4.31 Å². The van der Waals surface area contributed by atoms with Gasteiger partial charge in [0, 0.05) is 19.6 Å². The van der Waals surface area contributed by atoms with E-state index >= 15 is 0 Å². The largest absolute Gasteiger partial charge is 0.464 e. The Bertz CT molecular complexity index is 930. The van der Waals surface area contributed by atoms with Crippen molar-refractivity contribution in [2.45, 2.75) is 49.1 Å². The van der Waals surface area contributed by atoms with Crippen LogP contribution in [-0.4, -0.2) is 69.9 Å². The van der Waals surface area contributed by atoms with Crippen LogP contribution in [0.3, 0.4) is 0 Å². The van der Waals surface area contributed by atoms with E-state index in [9.17, 15) is 26.0 Å². The standard InChI is InChI=1S/C18H27FN2O6S2/c1-4-20(5-2)28(23,24)15-8-10-16(11-9-15)29(25,26)21-13-7-12-18(19,14-21)17(22)27-6-3/h8-11H,4-7,12-14H2,1-3H3. The minimum absolute atomic E-state index is 0.000271. The highest BCUT2D eigenvalue weighted by Crippen LogP contribution is 2.31. The smallest absolute Gasteiger partial charge is 0.345 e. The second kappa shape index (κ2) is 9.07. The van der Waals surface area contributed by atoms with Crippen LogP contribution in [0, 0.1) is 0 Å². The Morgan fingerprint density at radius 2 is 1.66 bits per heavy atom. The van der Waals surface area contributed by atoms with Gasteiger partial charge in [-0.1, -0.05) is 13.8 Å². The van der Waals surface area contributed by atoms with Crippen molar-refractivity contribution in [2.24, 2.45) is 0 Å². The molecule has 1 unspecified atom stereocenters. The number of esters is 1. The van der Waals surface area contributed by atoms with Crippen molar-refractivity contribution in [2.75, 3.05) is 32.8 Å². The predicted octanol–water partition coefficient (Wildman–Crippen LogP) is 1.77. The van der Waals surface area contributed by atoms with E-state index in [1.54, 1.807) is 20.8 Å². The third-order valence-electron chi connectivity index (χ3n) is 4.85. The SMILES string of the molecule is CCOC(=O)C1(F)CCCN(S(=O)(=O)c2ccc(S(=O)(=O)N(CC)CC)cc2)C1. The van der Waals surface area contributed by atoms with Gasteiger partial charge in [-0.05, 0) is 44.0 Å². The topological polar surface area (TPSA) is 101 Å². The number of alkyl halides is 1. The minimum atomic E-state index is -4.10. The molecule has 1 fully saturated rings. The summed E-state index contributed by atoms with van der Waals surface area (Å²) in [5.74, 6) is -1.07. The van der Waals surface area contributed by atoms with Gasteiger partial charge in [0.15, 0.2) is 0 Å². The van der Waals surface area contributed by atoms with Gasteiger partial charge in [-0.15, -0.1) is 0 Å². The quantitative estimate of drug-likeness (QED) is 0.560. The van der Waals surface area contributed by atoms with Gasteiger partial charge in [-0.2, -0.15) is 8.61 Å². The predicted molar refractivity (Wildman–Crippen MR) is 105 cm³/mol. The van der Waals surface area contributed by atoms with Gasteiger partial charge >= 0.3 is 5.97 Å². The second-order valence-corrected chi connectivity index (χ2v) is 10.6. The summed E-state index contributed by atoms with van der Waals surface area (Å²) in [6.45, 7) is 4.98. The average molecular weight is 451 g/mol. The number of hydrogen-bond acceptors (Lipinski definition) is 6. The molecule has 1 saturated heterocycles. The van der Waals surface area contributed by atoms with Gasteiger partial charge in [-0.25, -0.2) is 26.0 Å². The summed E-state index contributed by atoms with van der Waals surface area (Å²) >= 11 is 0. The lowest BCUT2D eigenvalue weighted by Crippen LogP contribution is -2.52. The van der Waals surface area contributed by atoms with E-state index in [2.05, 4.69) is 0 Å². The van der Waals surface area contributed by atoms with Crippen molar-refractivity contribution < 1.29 is 30.8 Å². The van der Waals surface area contributed by atoms with Crippen LogP contribution in [0.2, 0.25) is 0 Å². The van der Waals surface area contributed by atoms with Crippen molar-refractivity contribution in [1.29, 1.82) is 0 Å². The fourth-order valence-corrected chi connectivity index (χ4v) is 6.23. The Balaban J connectivity index is 2.29. The highest BCUT2D eigenvalue weighted by atomic mass is 32.2. The molecule has 1 aromatic carbocycles. The maximum Gasteiger partial charge on any atom is 0.345 e. The maximum atomic E-state index is 15.0. The zero-order valence-electron chi connectivity index (χ0n) is 16.8. The highest BCUT2D eigenvalue weighted by Gasteiger charge is 2.47. The van der Waals surface area contributed by atoms with E-state index in [1.807, 2.05) is 0 Å². The summed E-state index contributed by atoms with van der Waals surface area (Å²) in [5, 5.41) is 0. The third kappa shape index (κ3) is 4.79.